The fourth-order valence-electron chi connectivity index (χ4n) is 8.13. The molecule has 2 heterocycles. The van der Waals surface area contributed by atoms with Gasteiger partial charge < -0.3 is 24.8 Å². The Morgan fingerprint density at radius 1 is 0.965 bits per heavy atom. The number of hydrogen-bond donors (Lipinski definition) is 2. The molecular weight excluding hydrogens is 732 g/mol. The number of benzene rings is 1. The van der Waals surface area contributed by atoms with Crippen LogP contribution in [0.4, 0.5) is 0 Å². The molecule has 0 spiro atoms. The number of rotatable bonds is 23. The third-order valence-electron chi connectivity index (χ3n) is 11.2. The number of aromatic nitrogens is 3. The minimum atomic E-state index is -1.22. The number of likely N-dealkylation sites (tertiary alicyclic amines) is 1. The first kappa shape index (κ1) is 43.2. The summed E-state index contributed by atoms with van der Waals surface area (Å²) in [5.74, 6) is -1.66. The number of hydrogen-bond acceptors (Lipinski definition) is 11. The summed E-state index contributed by atoms with van der Waals surface area (Å²) in [5.41, 5.74) is 0.670. The van der Waals surface area contributed by atoms with E-state index in [0.717, 1.165) is 24.8 Å². The summed E-state index contributed by atoms with van der Waals surface area (Å²) in [6, 6.07) is 9.37. The van der Waals surface area contributed by atoms with Crippen LogP contribution in [0.2, 0.25) is 0 Å². The van der Waals surface area contributed by atoms with Gasteiger partial charge in [-0.3, -0.25) is 28.9 Å². The van der Waals surface area contributed by atoms with Crippen LogP contribution in [0.3, 0.4) is 0 Å². The smallest absolute Gasteiger partial charge is 0.334 e. The van der Waals surface area contributed by atoms with Crippen molar-refractivity contribution in [3.05, 3.63) is 59.9 Å². The maximum Gasteiger partial charge on any atom is 0.334 e. The number of carbonyl (C=O) groups is 6. The van der Waals surface area contributed by atoms with Gasteiger partial charge in [-0.05, 0) is 77.2 Å². The molecule has 15 nitrogen and oxygen atoms in total. The van der Waals surface area contributed by atoms with Gasteiger partial charge in [-0.1, -0.05) is 60.5 Å². The lowest BCUT2D eigenvalue weighted by molar-refractivity contribution is -0.154. The van der Waals surface area contributed by atoms with E-state index in [1.54, 1.807) is 22.7 Å². The SMILES string of the molecule is CCOC(=O)C(C)(C)CC(c1ccccc1)n1cc(CN(CCCCCCN2C(=O)[C@@H]3C4C=CC(C4)[C@@H]3C2=O)C(=O)CCC(=O)NCCCOC(=O)C(C)O)nn1. The molecule has 1 saturated heterocycles. The van der Waals surface area contributed by atoms with Crippen LogP contribution in [-0.2, 0) is 44.8 Å². The highest BCUT2D eigenvalue weighted by molar-refractivity contribution is 6.06. The van der Waals surface area contributed by atoms with Gasteiger partial charge in [0.2, 0.25) is 23.6 Å². The molecule has 4 amide bonds. The minimum absolute atomic E-state index is 0.0320. The molecule has 2 bridgehead atoms. The molecule has 4 unspecified atom stereocenters. The van der Waals surface area contributed by atoms with Crippen molar-refractivity contribution in [2.45, 2.75) is 104 Å². The van der Waals surface area contributed by atoms with Crippen molar-refractivity contribution in [3.8, 4) is 0 Å². The van der Waals surface area contributed by atoms with Crippen LogP contribution in [0.5, 0.6) is 0 Å². The van der Waals surface area contributed by atoms with E-state index in [1.807, 2.05) is 44.2 Å². The number of unbranched alkanes of at least 4 members (excludes halogenated alkanes) is 3. The summed E-state index contributed by atoms with van der Waals surface area (Å²) in [7, 11) is 0. The van der Waals surface area contributed by atoms with E-state index in [2.05, 4.69) is 27.8 Å². The number of amides is 4. The molecule has 57 heavy (non-hydrogen) atoms. The molecule has 2 N–H and O–H groups in total. The van der Waals surface area contributed by atoms with Gasteiger partial charge in [0.05, 0.1) is 49.2 Å². The lowest BCUT2D eigenvalue weighted by Gasteiger charge is -2.28. The van der Waals surface area contributed by atoms with Crippen LogP contribution in [0.1, 0.15) is 103 Å². The fourth-order valence-corrected chi connectivity index (χ4v) is 8.13. The predicted molar refractivity (Wildman–Crippen MR) is 207 cm³/mol. The third-order valence-corrected chi connectivity index (χ3v) is 11.2. The summed E-state index contributed by atoms with van der Waals surface area (Å²) in [6.45, 7) is 8.31. The lowest BCUT2D eigenvalue weighted by atomic mass is 9.83. The monoisotopic (exact) mass is 790 g/mol. The van der Waals surface area contributed by atoms with Crippen LogP contribution >= 0.6 is 0 Å². The molecular formula is C42H58N6O9. The zero-order chi connectivity index (χ0) is 41.1. The number of aliphatic hydroxyl groups is 1. The molecule has 1 saturated carbocycles. The van der Waals surface area contributed by atoms with Crippen molar-refractivity contribution in [2.24, 2.45) is 29.1 Å². The summed E-state index contributed by atoms with van der Waals surface area (Å²) >= 11 is 0. The Hall–Kier alpha value is -4.92. The molecule has 6 atom stereocenters. The number of imide groups is 1. The molecule has 3 aliphatic rings. The van der Waals surface area contributed by atoms with E-state index in [-0.39, 0.29) is 98.5 Å². The highest BCUT2D eigenvalue weighted by Crippen LogP contribution is 2.52. The number of fused-ring (bicyclic) bond motifs is 5. The van der Waals surface area contributed by atoms with Crippen molar-refractivity contribution < 1.29 is 43.3 Å². The summed E-state index contributed by atoms with van der Waals surface area (Å²) in [5, 5.41) is 20.8. The van der Waals surface area contributed by atoms with Crippen molar-refractivity contribution >= 4 is 35.6 Å². The Bertz CT molecular complexity index is 1730. The number of nitrogens with one attached hydrogen (secondary N) is 1. The summed E-state index contributed by atoms with van der Waals surface area (Å²) < 4.78 is 12.0. The Morgan fingerprint density at radius 2 is 1.65 bits per heavy atom. The average Bonchev–Trinajstić information content (AvgIpc) is 3.99. The number of carbonyl (C=O) groups excluding carboxylic acids is 6. The van der Waals surface area contributed by atoms with Crippen molar-refractivity contribution in [3.63, 3.8) is 0 Å². The van der Waals surface area contributed by atoms with Gasteiger partial charge >= 0.3 is 11.9 Å². The van der Waals surface area contributed by atoms with Gasteiger partial charge in [0, 0.05) is 32.5 Å². The number of nitrogens with zero attached hydrogens (tertiary/aromatic N) is 5. The van der Waals surface area contributed by atoms with Crippen molar-refractivity contribution in [2.75, 3.05) is 32.8 Å². The van der Waals surface area contributed by atoms with Gasteiger partial charge in [-0.25, -0.2) is 9.48 Å². The highest BCUT2D eigenvalue weighted by atomic mass is 16.5. The second-order valence-electron chi connectivity index (χ2n) is 16.0. The molecule has 0 radical (unpaired) electrons. The molecule has 1 aliphatic heterocycles. The first-order valence-electron chi connectivity index (χ1n) is 20.4. The number of ether oxygens (including phenoxy) is 2. The van der Waals surface area contributed by atoms with E-state index in [0.29, 0.717) is 44.5 Å². The number of esters is 2. The van der Waals surface area contributed by atoms with E-state index in [4.69, 9.17) is 9.47 Å². The summed E-state index contributed by atoms with van der Waals surface area (Å²) in [6.07, 6.45) is 9.25. The van der Waals surface area contributed by atoms with E-state index in [1.165, 1.54) is 11.8 Å². The molecule has 310 valence electrons. The predicted octanol–water partition coefficient (Wildman–Crippen LogP) is 3.75. The van der Waals surface area contributed by atoms with Gasteiger partial charge in [0.1, 0.15) is 11.8 Å². The largest absolute Gasteiger partial charge is 0.466 e. The van der Waals surface area contributed by atoms with Crippen LogP contribution in [-0.4, -0.2) is 104 Å². The highest BCUT2D eigenvalue weighted by Gasteiger charge is 2.58. The van der Waals surface area contributed by atoms with Crippen LogP contribution in [0.25, 0.3) is 0 Å². The van der Waals surface area contributed by atoms with Gasteiger partial charge in [-0.15, -0.1) is 5.10 Å². The Morgan fingerprint density at radius 3 is 2.32 bits per heavy atom. The van der Waals surface area contributed by atoms with E-state index in [9.17, 15) is 33.9 Å². The minimum Gasteiger partial charge on any atom is -0.466 e. The zero-order valence-corrected chi connectivity index (χ0v) is 33.6. The number of allylic oxidation sites excluding steroid dienone is 2. The third kappa shape index (κ3) is 11.1. The molecule has 1 aromatic carbocycles. The van der Waals surface area contributed by atoms with Gasteiger partial charge in [-0.2, -0.15) is 0 Å². The molecule has 2 aromatic rings. The first-order chi connectivity index (χ1) is 27.3. The standard InChI is InChI=1S/C42H58N6O9/c1-5-56-41(55)42(3,4)25-33(29-14-9-8-10-15-29)48-27-32(44-45-48)26-46(35(51)19-18-34(50)43-20-13-23-57-40(54)28(2)49)21-11-6-7-12-22-47-38(52)36-30-16-17-31(24-30)37(36)39(47)53/h8-10,14-17,27-28,30-31,33,36-37,49H,5-7,11-13,18-26H2,1-4H3,(H,43,50)/t28?,30?,31?,33?,36-,37+. The fraction of sp³-hybridized carbons (Fsp3) is 0.619. The molecule has 2 fully saturated rings. The number of aliphatic hydroxyl groups excluding tert-OH is 1. The quantitative estimate of drug-likeness (QED) is 0.0722. The van der Waals surface area contributed by atoms with Crippen LogP contribution in [0.15, 0.2) is 48.7 Å². The lowest BCUT2D eigenvalue weighted by Crippen LogP contribution is -2.34. The first-order valence-corrected chi connectivity index (χ1v) is 20.4. The Labute approximate surface area is 334 Å². The average molecular weight is 791 g/mol. The van der Waals surface area contributed by atoms with E-state index < -0.39 is 17.5 Å². The zero-order valence-electron chi connectivity index (χ0n) is 33.6. The molecule has 1 aromatic heterocycles. The second kappa shape index (κ2) is 20.0. The second-order valence-corrected chi connectivity index (χ2v) is 16.0. The molecule has 15 heteroatoms. The Kier molecular flexibility index (Phi) is 15.1. The van der Waals surface area contributed by atoms with E-state index >= 15 is 0 Å². The van der Waals surface area contributed by atoms with Crippen LogP contribution < -0.4 is 5.32 Å². The normalized spacial score (nSPS) is 20.7. The van der Waals surface area contributed by atoms with Crippen molar-refractivity contribution in [1.82, 2.24) is 30.1 Å². The van der Waals surface area contributed by atoms with Gasteiger partial charge in [0.25, 0.3) is 0 Å². The maximum absolute atomic E-state index is 13.6. The van der Waals surface area contributed by atoms with Crippen LogP contribution in [0, 0.1) is 29.1 Å². The van der Waals surface area contributed by atoms with Crippen molar-refractivity contribution in [1.29, 1.82) is 0 Å². The topological polar surface area (TPSA) is 190 Å². The van der Waals surface area contributed by atoms with Gasteiger partial charge in [0.15, 0.2) is 0 Å². The summed E-state index contributed by atoms with van der Waals surface area (Å²) in [4.78, 5) is 79.8. The Balaban J connectivity index is 1.17. The molecule has 2 aliphatic carbocycles. The molecule has 5 rings (SSSR count). The maximum atomic E-state index is 13.6.